The highest BCUT2D eigenvalue weighted by atomic mass is 16.5. The van der Waals surface area contributed by atoms with Crippen LogP contribution in [0.2, 0.25) is 0 Å². The van der Waals surface area contributed by atoms with E-state index in [1.165, 1.54) is 0 Å². The summed E-state index contributed by atoms with van der Waals surface area (Å²) < 4.78 is 12.9. The van der Waals surface area contributed by atoms with Gasteiger partial charge in [-0.25, -0.2) is 0 Å². The second kappa shape index (κ2) is 4.36. The predicted molar refractivity (Wildman–Crippen MR) is 62.5 cm³/mol. The number of benzene rings is 1. The molecule has 0 amide bonds. The van der Waals surface area contributed by atoms with Crippen molar-refractivity contribution in [1.29, 1.82) is 0 Å². The maximum absolute atomic E-state index is 7.71. The first-order valence-corrected chi connectivity index (χ1v) is 4.98. The quantitative estimate of drug-likeness (QED) is 0.800. The highest BCUT2D eigenvalue weighted by Gasteiger charge is 2.04. The van der Waals surface area contributed by atoms with Gasteiger partial charge in [-0.3, -0.25) is 0 Å². The number of rotatable bonds is 4. The van der Waals surface area contributed by atoms with E-state index in [0.717, 1.165) is 22.2 Å². The number of hydrogen-bond acceptors (Lipinski definition) is 2. The summed E-state index contributed by atoms with van der Waals surface area (Å²) in [5, 5.41) is 4.05. The lowest BCUT2D eigenvalue weighted by molar-refractivity contribution is 0.415. The Bertz CT molecular complexity index is 481. The van der Waals surface area contributed by atoms with Gasteiger partial charge in [-0.05, 0) is 43.8 Å². The average Bonchev–Trinajstić information content (AvgIpc) is 2.71. The summed E-state index contributed by atoms with van der Waals surface area (Å²) in [5.41, 5.74) is 2.22. The van der Waals surface area contributed by atoms with Crippen LogP contribution >= 0.6 is 0 Å². The normalized spacial score (nSPS) is 13.9. The van der Waals surface area contributed by atoms with E-state index < -0.39 is 0 Å². The van der Waals surface area contributed by atoms with Crippen LogP contribution in [0.25, 0.3) is 10.9 Å². The van der Waals surface area contributed by atoms with Crippen LogP contribution in [-0.2, 0) is 6.42 Å². The molecule has 0 saturated heterocycles. The number of ether oxygens (including phenoxy) is 1. The van der Waals surface area contributed by atoms with Crippen LogP contribution in [0.1, 0.15) is 6.93 Å². The van der Waals surface area contributed by atoms with E-state index in [-0.39, 0.29) is 6.52 Å². The highest BCUT2D eigenvalue weighted by Crippen LogP contribution is 2.23. The van der Waals surface area contributed by atoms with Gasteiger partial charge in [0.25, 0.3) is 0 Å². The summed E-state index contributed by atoms with van der Waals surface area (Å²) in [5.74, 6) is 0.847. The van der Waals surface area contributed by atoms with Gasteiger partial charge in [-0.1, -0.05) is 0 Å². The maximum Gasteiger partial charge on any atom is 0.119 e. The van der Waals surface area contributed by atoms with Crippen LogP contribution in [0.3, 0.4) is 0 Å². The summed E-state index contributed by atoms with van der Waals surface area (Å²) in [4.78, 5) is 3.20. The Morgan fingerprint density at radius 2 is 2.40 bits per heavy atom. The second-order valence-electron chi connectivity index (χ2n) is 3.42. The predicted octanol–water partition coefficient (Wildman–Crippen LogP) is 1.94. The van der Waals surface area contributed by atoms with Crippen molar-refractivity contribution in [3.63, 3.8) is 0 Å². The first-order chi connectivity index (χ1) is 7.74. The molecule has 2 aromatic rings. The van der Waals surface area contributed by atoms with Gasteiger partial charge < -0.3 is 15.0 Å². The lowest BCUT2D eigenvalue weighted by Gasteiger charge is -2.01. The Morgan fingerprint density at radius 1 is 1.53 bits per heavy atom. The van der Waals surface area contributed by atoms with E-state index in [4.69, 9.17) is 6.11 Å². The molecular weight excluding hydrogens is 188 g/mol. The molecular formula is C12H16N2O. The third-order valence-corrected chi connectivity index (χ3v) is 2.50. The molecule has 0 bridgehead atoms. The monoisotopic (exact) mass is 205 g/mol. The minimum absolute atomic E-state index is 0.273. The summed E-state index contributed by atoms with van der Waals surface area (Å²) in [6, 6.07) is 5.93. The van der Waals surface area contributed by atoms with Gasteiger partial charge in [-0.2, -0.15) is 0 Å². The number of likely N-dealkylation sites (N-methyl/N-ethyl adjacent to an activating group) is 1. The minimum Gasteiger partial charge on any atom is -0.497 e. The molecule has 0 radical (unpaired) electrons. The number of hydrogen-bond donors (Lipinski definition) is 2. The fourth-order valence-electron chi connectivity index (χ4n) is 1.67. The zero-order valence-corrected chi connectivity index (χ0v) is 9.00. The van der Waals surface area contributed by atoms with Crippen LogP contribution in [0, 0.1) is 0 Å². The zero-order valence-electron chi connectivity index (χ0n) is 10.0. The smallest absolute Gasteiger partial charge is 0.119 e. The van der Waals surface area contributed by atoms with Crippen molar-refractivity contribution in [2.24, 2.45) is 0 Å². The SMILES string of the molecule is [2H]C(Cc1c[nH]c2ccc(OC)cc12)NC. The highest BCUT2D eigenvalue weighted by molar-refractivity contribution is 5.84. The zero-order chi connectivity index (χ0) is 11.5. The molecule has 2 N–H and O–H groups in total. The van der Waals surface area contributed by atoms with Gasteiger partial charge in [0.1, 0.15) is 5.75 Å². The van der Waals surface area contributed by atoms with Gasteiger partial charge in [0, 0.05) is 18.5 Å². The van der Waals surface area contributed by atoms with E-state index >= 15 is 0 Å². The van der Waals surface area contributed by atoms with Crippen molar-refractivity contribution in [2.45, 2.75) is 6.42 Å². The molecule has 2 rings (SSSR count). The van der Waals surface area contributed by atoms with Crippen LogP contribution < -0.4 is 10.1 Å². The molecule has 1 unspecified atom stereocenters. The first kappa shape index (κ1) is 8.80. The molecule has 0 aliphatic heterocycles. The Hall–Kier alpha value is -1.48. The van der Waals surface area contributed by atoms with Crippen LogP contribution in [0.15, 0.2) is 24.4 Å². The Kier molecular flexibility index (Phi) is 2.56. The molecule has 1 aromatic carbocycles. The number of H-pyrrole nitrogens is 1. The largest absolute Gasteiger partial charge is 0.497 e. The molecule has 80 valence electrons. The average molecular weight is 205 g/mol. The van der Waals surface area contributed by atoms with Crippen molar-refractivity contribution in [1.82, 2.24) is 10.3 Å². The van der Waals surface area contributed by atoms with E-state index in [2.05, 4.69) is 10.3 Å². The number of aromatic amines is 1. The molecule has 0 aliphatic rings. The molecule has 3 heteroatoms. The molecule has 0 fully saturated rings. The summed E-state index contributed by atoms with van der Waals surface area (Å²) >= 11 is 0. The van der Waals surface area contributed by atoms with Gasteiger partial charge in [-0.15, -0.1) is 0 Å². The van der Waals surface area contributed by atoms with E-state index in [9.17, 15) is 0 Å². The summed E-state index contributed by atoms with van der Waals surface area (Å²) in [6.07, 6.45) is 2.65. The molecule has 0 saturated carbocycles. The summed E-state index contributed by atoms with van der Waals surface area (Å²) in [6.45, 7) is -0.273. The molecule has 0 aliphatic carbocycles. The van der Waals surface area contributed by atoms with Crippen molar-refractivity contribution in [3.8, 4) is 5.75 Å². The van der Waals surface area contributed by atoms with Crippen molar-refractivity contribution < 1.29 is 6.11 Å². The van der Waals surface area contributed by atoms with E-state index in [1.807, 2.05) is 24.4 Å². The maximum atomic E-state index is 7.71. The standard InChI is InChI=1S/C12H16N2O/c1-13-6-5-9-8-14-12-4-3-10(15-2)7-11(9)12/h3-4,7-8,13-14H,5-6H2,1-2H3/i6D. The molecule has 1 aromatic heterocycles. The van der Waals surface area contributed by atoms with Gasteiger partial charge >= 0.3 is 0 Å². The fraction of sp³-hybridized carbons (Fsp3) is 0.333. The lowest BCUT2D eigenvalue weighted by atomic mass is 10.1. The van der Waals surface area contributed by atoms with Crippen molar-refractivity contribution in [2.75, 3.05) is 20.7 Å². The van der Waals surface area contributed by atoms with Gasteiger partial charge in [0.15, 0.2) is 0 Å². The van der Waals surface area contributed by atoms with Crippen LogP contribution in [0.4, 0.5) is 0 Å². The third kappa shape index (κ3) is 1.97. The molecule has 15 heavy (non-hydrogen) atoms. The Labute approximate surface area is 90.9 Å². The minimum atomic E-state index is -0.273. The van der Waals surface area contributed by atoms with Crippen molar-refractivity contribution >= 4 is 10.9 Å². The first-order valence-electron chi connectivity index (χ1n) is 5.56. The lowest BCUT2D eigenvalue weighted by Crippen LogP contribution is -2.09. The summed E-state index contributed by atoms with van der Waals surface area (Å²) in [7, 11) is 3.46. The Morgan fingerprint density at radius 3 is 3.13 bits per heavy atom. The molecule has 1 atom stereocenters. The van der Waals surface area contributed by atoms with Crippen molar-refractivity contribution in [3.05, 3.63) is 30.0 Å². The van der Waals surface area contributed by atoms with E-state index in [0.29, 0.717) is 6.42 Å². The van der Waals surface area contributed by atoms with Crippen LogP contribution in [-0.4, -0.2) is 25.7 Å². The van der Waals surface area contributed by atoms with E-state index in [1.54, 1.807) is 14.2 Å². The number of fused-ring (bicyclic) bond motifs is 1. The number of methoxy groups -OCH3 is 1. The van der Waals surface area contributed by atoms with Crippen LogP contribution in [0.5, 0.6) is 5.75 Å². The molecule has 1 heterocycles. The topological polar surface area (TPSA) is 37.0 Å². The fourth-order valence-corrected chi connectivity index (χ4v) is 1.67. The third-order valence-electron chi connectivity index (χ3n) is 2.50. The molecule has 3 nitrogen and oxygen atoms in total. The van der Waals surface area contributed by atoms with Gasteiger partial charge in [0.05, 0.1) is 7.11 Å². The number of aryl methyl sites for hydroxylation is 1. The number of aromatic nitrogens is 1. The second-order valence-corrected chi connectivity index (χ2v) is 3.42. The van der Waals surface area contributed by atoms with Gasteiger partial charge in [0.2, 0.25) is 0 Å². The molecule has 0 spiro atoms. The number of nitrogens with one attached hydrogen (secondary N) is 2. The Balaban J connectivity index is 2.38.